The Labute approximate surface area is 126 Å². The molecule has 0 aromatic heterocycles. The topological polar surface area (TPSA) is 58.2 Å². The molecule has 1 aliphatic rings. The van der Waals surface area contributed by atoms with Crippen molar-refractivity contribution in [3.8, 4) is 0 Å². The molecule has 0 saturated heterocycles. The molecule has 0 radical (unpaired) electrons. The van der Waals surface area contributed by atoms with Gasteiger partial charge in [0.2, 0.25) is 11.8 Å². The molecule has 0 bridgehead atoms. The Morgan fingerprint density at radius 1 is 1.10 bits per heavy atom. The second kappa shape index (κ2) is 7.25. The molecule has 4 nitrogen and oxygen atoms in total. The van der Waals surface area contributed by atoms with E-state index in [2.05, 4.69) is 10.6 Å². The van der Waals surface area contributed by atoms with Crippen LogP contribution in [0.1, 0.15) is 44.6 Å². The van der Waals surface area contributed by atoms with Gasteiger partial charge in [0.1, 0.15) is 6.04 Å². The third-order valence-corrected chi connectivity index (χ3v) is 4.05. The first-order valence-corrected chi connectivity index (χ1v) is 7.74. The molecule has 1 aromatic rings. The summed E-state index contributed by atoms with van der Waals surface area (Å²) in [7, 11) is 0. The molecule has 1 saturated carbocycles. The standard InChI is InChI=1S/C17H24N2O2/c1-12-8-10-15(11-9-12)19-16(20)13(2)18-17(21)14-6-4-3-5-7-14/h8-11,13-14H,3-7H2,1-2H3,(H,18,21)(H,19,20). The lowest BCUT2D eigenvalue weighted by Gasteiger charge is -2.23. The monoisotopic (exact) mass is 288 g/mol. The van der Waals surface area contributed by atoms with Crippen molar-refractivity contribution in [2.45, 2.75) is 52.0 Å². The number of rotatable bonds is 4. The maximum atomic E-state index is 12.1. The van der Waals surface area contributed by atoms with Crippen LogP contribution in [0.5, 0.6) is 0 Å². The maximum Gasteiger partial charge on any atom is 0.246 e. The molecule has 2 amide bonds. The molecule has 0 spiro atoms. The molecule has 4 heteroatoms. The number of aryl methyl sites for hydroxylation is 1. The summed E-state index contributed by atoms with van der Waals surface area (Å²) in [5, 5.41) is 5.65. The third kappa shape index (κ3) is 4.59. The van der Waals surface area contributed by atoms with E-state index in [1.165, 1.54) is 6.42 Å². The summed E-state index contributed by atoms with van der Waals surface area (Å²) >= 11 is 0. The van der Waals surface area contributed by atoms with Crippen LogP contribution in [0.4, 0.5) is 5.69 Å². The Hall–Kier alpha value is -1.84. The molecule has 1 atom stereocenters. The van der Waals surface area contributed by atoms with E-state index in [0.717, 1.165) is 36.9 Å². The summed E-state index contributed by atoms with van der Waals surface area (Å²) < 4.78 is 0. The van der Waals surface area contributed by atoms with E-state index in [1.807, 2.05) is 31.2 Å². The van der Waals surface area contributed by atoms with Crippen LogP contribution >= 0.6 is 0 Å². The van der Waals surface area contributed by atoms with Gasteiger partial charge in [-0.15, -0.1) is 0 Å². The highest BCUT2D eigenvalue weighted by Gasteiger charge is 2.24. The minimum absolute atomic E-state index is 0.0151. The van der Waals surface area contributed by atoms with Crippen LogP contribution in [0.2, 0.25) is 0 Å². The molecule has 1 fully saturated rings. The Balaban J connectivity index is 1.84. The van der Waals surface area contributed by atoms with Gasteiger partial charge >= 0.3 is 0 Å². The van der Waals surface area contributed by atoms with Crippen LogP contribution in [0.15, 0.2) is 24.3 Å². The number of amides is 2. The van der Waals surface area contributed by atoms with Crippen molar-refractivity contribution in [1.82, 2.24) is 5.32 Å². The third-order valence-electron chi connectivity index (χ3n) is 4.05. The largest absolute Gasteiger partial charge is 0.344 e. The summed E-state index contributed by atoms with van der Waals surface area (Å²) in [6, 6.07) is 7.11. The number of carbonyl (C=O) groups excluding carboxylic acids is 2. The summed E-state index contributed by atoms with van der Waals surface area (Å²) in [5.41, 5.74) is 1.90. The first-order valence-electron chi connectivity index (χ1n) is 7.74. The highest BCUT2D eigenvalue weighted by atomic mass is 16.2. The summed E-state index contributed by atoms with van der Waals surface area (Å²) in [5.74, 6) is -0.0855. The van der Waals surface area contributed by atoms with Crippen LogP contribution < -0.4 is 10.6 Å². The lowest BCUT2D eigenvalue weighted by atomic mass is 9.88. The molecule has 1 aromatic carbocycles. The number of hydrogen-bond donors (Lipinski definition) is 2. The molecule has 1 unspecified atom stereocenters. The van der Waals surface area contributed by atoms with Crippen LogP contribution in [-0.2, 0) is 9.59 Å². The minimum Gasteiger partial charge on any atom is -0.344 e. The van der Waals surface area contributed by atoms with Gasteiger partial charge in [0, 0.05) is 11.6 Å². The smallest absolute Gasteiger partial charge is 0.246 e. The molecule has 1 aliphatic carbocycles. The van der Waals surface area contributed by atoms with Crippen molar-refractivity contribution in [2.24, 2.45) is 5.92 Å². The van der Waals surface area contributed by atoms with Gasteiger partial charge in [-0.1, -0.05) is 37.0 Å². The molecular weight excluding hydrogens is 264 g/mol. The van der Waals surface area contributed by atoms with Gasteiger partial charge in [0.25, 0.3) is 0 Å². The zero-order chi connectivity index (χ0) is 15.2. The van der Waals surface area contributed by atoms with E-state index >= 15 is 0 Å². The average molecular weight is 288 g/mol. The minimum atomic E-state index is -0.513. The van der Waals surface area contributed by atoms with E-state index in [9.17, 15) is 9.59 Å². The fraction of sp³-hybridized carbons (Fsp3) is 0.529. The number of hydrogen-bond acceptors (Lipinski definition) is 2. The van der Waals surface area contributed by atoms with Crippen molar-refractivity contribution < 1.29 is 9.59 Å². The van der Waals surface area contributed by atoms with Crippen LogP contribution in [-0.4, -0.2) is 17.9 Å². The van der Waals surface area contributed by atoms with Gasteiger partial charge < -0.3 is 10.6 Å². The van der Waals surface area contributed by atoms with Crippen molar-refractivity contribution in [3.05, 3.63) is 29.8 Å². The van der Waals surface area contributed by atoms with Gasteiger partial charge in [0.15, 0.2) is 0 Å². The summed E-state index contributed by atoms with van der Waals surface area (Å²) in [4.78, 5) is 24.2. The molecule has 0 heterocycles. The van der Waals surface area contributed by atoms with E-state index in [-0.39, 0.29) is 17.7 Å². The lowest BCUT2D eigenvalue weighted by Crippen LogP contribution is -2.44. The highest BCUT2D eigenvalue weighted by Crippen LogP contribution is 2.23. The van der Waals surface area contributed by atoms with Crippen LogP contribution in [0.3, 0.4) is 0 Å². The van der Waals surface area contributed by atoms with E-state index < -0.39 is 6.04 Å². The second-order valence-corrected chi connectivity index (χ2v) is 5.92. The SMILES string of the molecule is Cc1ccc(NC(=O)C(C)NC(=O)C2CCCCC2)cc1. The van der Waals surface area contributed by atoms with Gasteiger partial charge in [-0.2, -0.15) is 0 Å². The van der Waals surface area contributed by atoms with Gasteiger partial charge in [0.05, 0.1) is 0 Å². The quantitative estimate of drug-likeness (QED) is 0.894. The van der Waals surface area contributed by atoms with E-state index in [0.29, 0.717) is 0 Å². The molecule has 2 rings (SSSR count). The number of benzene rings is 1. The van der Waals surface area contributed by atoms with Crippen LogP contribution in [0, 0.1) is 12.8 Å². The zero-order valence-electron chi connectivity index (χ0n) is 12.8. The van der Waals surface area contributed by atoms with Crippen molar-refractivity contribution >= 4 is 17.5 Å². The predicted molar refractivity (Wildman–Crippen MR) is 84.0 cm³/mol. The first-order chi connectivity index (χ1) is 10.1. The lowest BCUT2D eigenvalue weighted by molar-refractivity contribution is -0.129. The average Bonchev–Trinajstić information content (AvgIpc) is 2.50. The summed E-state index contributed by atoms with van der Waals surface area (Å²) in [6.45, 7) is 3.73. The Morgan fingerprint density at radius 3 is 2.33 bits per heavy atom. The van der Waals surface area contributed by atoms with Crippen LogP contribution in [0.25, 0.3) is 0 Å². The zero-order valence-corrected chi connectivity index (χ0v) is 12.8. The van der Waals surface area contributed by atoms with Gasteiger partial charge in [-0.05, 0) is 38.8 Å². The number of nitrogens with one attached hydrogen (secondary N) is 2. The maximum absolute atomic E-state index is 12.1. The van der Waals surface area contributed by atoms with Gasteiger partial charge in [-0.25, -0.2) is 0 Å². The van der Waals surface area contributed by atoms with Crippen molar-refractivity contribution in [1.29, 1.82) is 0 Å². The van der Waals surface area contributed by atoms with E-state index in [1.54, 1.807) is 6.92 Å². The van der Waals surface area contributed by atoms with Crippen molar-refractivity contribution in [3.63, 3.8) is 0 Å². The molecule has 2 N–H and O–H groups in total. The van der Waals surface area contributed by atoms with Crippen molar-refractivity contribution in [2.75, 3.05) is 5.32 Å². The molecule has 0 aliphatic heterocycles. The highest BCUT2D eigenvalue weighted by molar-refractivity contribution is 5.97. The number of carbonyl (C=O) groups is 2. The fourth-order valence-electron chi connectivity index (χ4n) is 2.65. The van der Waals surface area contributed by atoms with Gasteiger partial charge in [-0.3, -0.25) is 9.59 Å². The Kier molecular flexibility index (Phi) is 5.37. The number of anilines is 1. The second-order valence-electron chi connectivity index (χ2n) is 5.92. The van der Waals surface area contributed by atoms with E-state index in [4.69, 9.17) is 0 Å². The molecular formula is C17H24N2O2. The Morgan fingerprint density at radius 2 is 1.71 bits per heavy atom. The Bertz CT molecular complexity index is 490. The predicted octanol–water partition coefficient (Wildman–Crippen LogP) is 3.02. The first kappa shape index (κ1) is 15.5. The normalized spacial score (nSPS) is 17.0. The molecule has 21 heavy (non-hydrogen) atoms. The molecule has 114 valence electrons. The fourth-order valence-corrected chi connectivity index (χ4v) is 2.65. The summed E-state index contributed by atoms with van der Waals surface area (Å²) in [6.07, 6.45) is 5.33.